The zero-order valence-electron chi connectivity index (χ0n) is 16.7. The summed E-state index contributed by atoms with van der Waals surface area (Å²) in [7, 11) is 0. The van der Waals surface area contributed by atoms with Crippen molar-refractivity contribution in [2.75, 3.05) is 13.1 Å². The van der Waals surface area contributed by atoms with E-state index in [1.807, 2.05) is 48.5 Å². The van der Waals surface area contributed by atoms with E-state index in [-0.39, 0.29) is 23.6 Å². The number of ether oxygens (including phenoxy) is 2. The fourth-order valence-corrected chi connectivity index (χ4v) is 3.07. The Hall–Kier alpha value is -4.31. The van der Waals surface area contributed by atoms with Crippen LogP contribution in [0.1, 0.15) is 15.9 Å². The first-order chi connectivity index (χ1) is 15.2. The lowest BCUT2D eigenvalue weighted by atomic mass is 10.1. The number of guanidine groups is 1. The van der Waals surface area contributed by atoms with Crippen LogP contribution >= 0.6 is 0 Å². The molecule has 0 saturated carbocycles. The molecule has 0 spiro atoms. The number of carbonyl (C=O) groups excluding carboxylic acids is 1. The summed E-state index contributed by atoms with van der Waals surface area (Å²) in [6.45, 7) is 9.06. The molecule has 1 amide bonds. The molecule has 154 valence electrons. The highest BCUT2D eigenvalue weighted by molar-refractivity contribution is 6.10. The summed E-state index contributed by atoms with van der Waals surface area (Å²) in [5.74, 6) is 0.893. The van der Waals surface area contributed by atoms with Crippen LogP contribution < -0.4 is 20.1 Å². The van der Waals surface area contributed by atoms with Gasteiger partial charge in [0, 0.05) is 6.54 Å². The zero-order valence-corrected chi connectivity index (χ0v) is 16.7. The fraction of sp³-hybridized carbons (Fsp3) is 0.125. The van der Waals surface area contributed by atoms with E-state index < -0.39 is 5.91 Å². The van der Waals surface area contributed by atoms with Crippen molar-refractivity contribution >= 4 is 17.6 Å². The van der Waals surface area contributed by atoms with E-state index in [0.717, 1.165) is 5.56 Å². The van der Waals surface area contributed by atoms with Gasteiger partial charge in [0.25, 0.3) is 5.91 Å². The van der Waals surface area contributed by atoms with Gasteiger partial charge in [-0.3, -0.25) is 15.1 Å². The molecule has 0 aromatic heterocycles. The van der Waals surface area contributed by atoms with Crippen LogP contribution in [0.5, 0.6) is 17.2 Å². The van der Waals surface area contributed by atoms with E-state index in [9.17, 15) is 4.79 Å². The molecule has 3 aromatic carbocycles. The van der Waals surface area contributed by atoms with E-state index in [2.05, 4.69) is 20.5 Å². The third-order valence-corrected chi connectivity index (χ3v) is 4.55. The maximum absolute atomic E-state index is 13.2. The highest BCUT2D eigenvalue weighted by atomic mass is 16.5. The van der Waals surface area contributed by atoms with Crippen molar-refractivity contribution < 1.29 is 14.3 Å². The minimum absolute atomic E-state index is 0.142. The highest BCUT2D eigenvalue weighted by Gasteiger charge is 2.25. The van der Waals surface area contributed by atoms with Gasteiger partial charge in [0.05, 0.1) is 13.1 Å². The van der Waals surface area contributed by atoms with Gasteiger partial charge in [-0.05, 0) is 29.8 Å². The number of hydrogen-bond donors (Lipinski definition) is 2. The molecule has 0 saturated heterocycles. The van der Waals surface area contributed by atoms with Crippen LogP contribution in [0.15, 0.2) is 77.8 Å². The third kappa shape index (κ3) is 4.82. The summed E-state index contributed by atoms with van der Waals surface area (Å²) in [5, 5.41) is 5.76. The number of hydrogen-bond acceptors (Lipinski definition) is 5. The topological polar surface area (TPSA) is 76.3 Å². The van der Waals surface area contributed by atoms with Crippen molar-refractivity contribution in [3.8, 4) is 17.2 Å². The van der Waals surface area contributed by atoms with Crippen LogP contribution in [0.4, 0.5) is 5.69 Å². The SMILES string of the molecule is [C-]#[N+]c1ccc(OCc2ccccc2)c(C(=O)NC2=NCCN2)c1Oc1ccccc1. The first-order valence-corrected chi connectivity index (χ1v) is 9.78. The Labute approximate surface area is 180 Å². The molecule has 3 aromatic rings. The number of aliphatic imine (C=N–C) groups is 1. The number of para-hydroxylation sites is 1. The Morgan fingerprint density at radius 3 is 2.48 bits per heavy atom. The van der Waals surface area contributed by atoms with Gasteiger partial charge < -0.3 is 14.8 Å². The maximum Gasteiger partial charge on any atom is 0.264 e. The van der Waals surface area contributed by atoms with Gasteiger partial charge in [-0.2, -0.15) is 0 Å². The number of carbonyl (C=O) groups is 1. The molecule has 1 aliphatic rings. The lowest BCUT2D eigenvalue weighted by Crippen LogP contribution is -2.38. The first-order valence-electron chi connectivity index (χ1n) is 9.78. The third-order valence-electron chi connectivity index (χ3n) is 4.55. The molecule has 2 N–H and O–H groups in total. The predicted molar refractivity (Wildman–Crippen MR) is 118 cm³/mol. The molecule has 31 heavy (non-hydrogen) atoms. The van der Waals surface area contributed by atoms with E-state index in [1.165, 1.54) is 0 Å². The summed E-state index contributed by atoms with van der Waals surface area (Å²) in [4.78, 5) is 21.0. The molecule has 7 nitrogen and oxygen atoms in total. The maximum atomic E-state index is 13.2. The van der Waals surface area contributed by atoms with Gasteiger partial charge in [0.2, 0.25) is 5.69 Å². The van der Waals surface area contributed by atoms with Crippen LogP contribution in [0, 0.1) is 6.57 Å². The molecular weight excluding hydrogens is 392 g/mol. The molecule has 1 heterocycles. The van der Waals surface area contributed by atoms with Crippen molar-refractivity contribution in [2.45, 2.75) is 6.61 Å². The van der Waals surface area contributed by atoms with Crippen molar-refractivity contribution in [3.05, 3.63) is 95.3 Å². The van der Waals surface area contributed by atoms with E-state index >= 15 is 0 Å². The second-order valence-electron chi connectivity index (χ2n) is 6.70. The van der Waals surface area contributed by atoms with Crippen LogP contribution in [-0.2, 0) is 6.61 Å². The Bertz CT molecular complexity index is 1140. The summed E-state index contributed by atoms with van der Waals surface area (Å²) in [6, 6.07) is 21.9. The summed E-state index contributed by atoms with van der Waals surface area (Å²) in [6.07, 6.45) is 0. The normalized spacial score (nSPS) is 12.3. The number of rotatable bonds is 6. The Kier molecular flexibility index (Phi) is 6.10. The van der Waals surface area contributed by atoms with Crippen molar-refractivity contribution in [1.29, 1.82) is 0 Å². The van der Waals surface area contributed by atoms with Crippen LogP contribution in [0.2, 0.25) is 0 Å². The number of nitrogens with one attached hydrogen (secondary N) is 2. The largest absolute Gasteiger partial charge is 0.488 e. The molecule has 0 aliphatic carbocycles. The molecule has 0 bridgehead atoms. The Balaban J connectivity index is 1.73. The monoisotopic (exact) mass is 412 g/mol. The Morgan fingerprint density at radius 1 is 1.06 bits per heavy atom. The Morgan fingerprint density at radius 2 is 1.81 bits per heavy atom. The van der Waals surface area contributed by atoms with Gasteiger partial charge in [0.1, 0.15) is 23.7 Å². The summed E-state index contributed by atoms with van der Waals surface area (Å²) in [5.41, 5.74) is 1.31. The lowest BCUT2D eigenvalue weighted by Gasteiger charge is -2.17. The quantitative estimate of drug-likeness (QED) is 0.592. The van der Waals surface area contributed by atoms with Gasteiger partial charge >= 0.3 is 0 Å². The predicted octanol–water partition coefficient (Wildman–Crippen LogP) is 4.30. The molecule has 7 heteroatoms. The summed E-state index contributed by atoms with van der Waals surface area (Å²) >= 11 is 0. The molecular formula is C24H20N4O3. The summed E-state index contributed by atoms with van der Waals surface area (Å²) < 4.78 is 12.0. The number of benzene rings is 3. The van der Waals surface area contributed by atoms with Crippen molar-refractivity contribution in [3.63, 3.8) is 0 Å². The van der Waals surface area contributed by atoms with Crippen molar-refractivity contribution in [2.24, 2.45) is 4.99 Å². The smallest absolute Gasteiger partial charge is 0.264 e. The minimum atomic E-state index is -0.465. The molecule has 0 fully saturated rings. The zero-order chi connectivity index (χ0) is 21.5. The second kappa shape index (κ2) is 9.46. The highest BCUT2D eigenvalue weighted by Crippen LogP contribution is 2.40. The number of amides is 1. The van der Waals surface area contributed by atoms with E-state index in [0.29, 0.717) is 30.5 Å². The van der Waals surface area contributed by atoms with Gasteiger partial charge in [0.15, 0.2) is 11.7 Å². The van der Waals surface area contributed by atoms with Gasteiger partial charge in [-0.15, -0.1) is 0 Å². The van der Waals surface area contributed by atoms with Gasteiger partial charge in [-0.25, -0.2) is 4.85 Å². The molecule has 0 atom stereocenters. The first kappa shape index (κ1) is 20.0. The number of nitrogens with zero attached hydrogens (tertiary/aromatic N) is 2. The standard InChI is InChI=1S/C24H20N4O3/c1-25-19-12-13-20(30-16-17-8-4-2-5-9-17)21(23(29)28-24-26-14-15-27-24)22(19)31-18-10-6-3-7-11-18/h2-13H,14-16H2,(H2,26,27,28,29). The molecule has 1 aliphatic heterocycles. The van der Waals surface area contributed by atoms with Crippen molar-refractivity contribution in [1.82, 2.24) is 10.6 Å². The van der Waals surface area contributed by atoms with E-state index in [4.69, 9.17) is 16.0 Å². The van der Waals surface area contributed by atoms with Crippen LogP contribution in [-0.4, -0.2) is 25.0 Å². The van der Waals surface area contributed by atoms with Crippen LogP contribution in [0.25, 0.3) is 4.85 Å². The fourth-order valence-electron chi connectivity index (χ4n) is 3.07. The average Bonchev–Trinajstić information content (AvgIpc) is 3.32. The molecule has 0 radical (unpaired) electrons. The molecule has 4 rings (SSSR count). The van der Waals surface area contributed by atoms with Crippen LogP contribution in [0.3, 0.4) is 0 Å². The second-order valence-corrected chi connectivity index (χ2v) is 6.70. The minimum Gasteiger partial charge on any atom is -0.488 e. The van der Waals surface area contributed by atoms with E-state index in [1.54, 1.807) is 24.3 Å². The average molecular weight is 412 g/mol. The lowest BCUT2D eigenvalue weighted by molar-refractivity contribution is 0.0969. The molecule has 0 unspecified atom stereocenters. The van der Waals surface area contributed by atoms with Gasteiger partial charge in [-0.1, -0.05) is 48.5 Å².